The van der Waals surface area contributed by atoms with Crippen LogP contribution in [0.15, 0.2) is 41.1 Å². The Bertz CT molecular complexity index is 874. The lowest BCUT2D eigenvalue weighted by Crippen LogP contribution is -2.38. The summed E-state index contributed by atoms with van der Waals surface area (Å²) in [5.74, 6) is -1.21. The van der Waals surface area contributed by atoms with Crippen molar-refractivity contribution in [2.24, 2.45) is 5.92 Å². The number of nitrogens with zero attached hydrogens (tertiary/aromatic N) is 1. The van der Waals surface area contributed by atoms with Gasteiger partial charge in [-0.1, -0.05) is 24.6 Å². The first-order chi connectivity index (χ1) is 11.3. The van der Waals surface area contributed by atoms with Crippen LogP contribution < -0.4 is 0 Å². The summed E-state index contributed by atoms with van der Waals surface area (Å²) >= 11 is 0. The second-order valence-corrected chi connectivity index (χ2v) is 9.04. The van der Waals surface area contributed by atoms with Crippen LogP contribution in [0, 0.1) is 12.8 Å². The minimum absolute atomic E-state index is 0.174. The van der Waals surface area contributed by atoms with E-state index < -0.39 is 31.5 Å². The highest BCUT2D eigenvalue weighted by molar-refractivity contribution is 7.89. The molecule has 0 aromatic heterocycles. The molecule has 0 fully saturated rings. The molecule has 0 amide bonds. The average Bonchev–Trinajstić information content (AvgIpc) is 2.45. The van der Waals surface area contributed by atoms with Gasteiger partial charge in [-0.3, -0.25) is 0 Å². The van der Waals surface area contributed by atoms with Crippen molar-refractivity contribution >= 4 is 20.1 Å². The third-order valence-electron chi connectivity index (χ3n) is 3.55. The van der Waals surface area contributed by atoms with Gasteiger partial charge in [0.2, 0.25) is 5.88 Å². The van der Waals surface area contributed by atoms with Crippen LogP contribution in [0.1, 0.15) is 18.9 Å². The number of rotatable bonds is 4. The summed E-state index contributed by atoms with van der Waals surface area (Å²) < 4.78 is 90.3. The van der Waals surface area contributed by atoms with Crippen LogP contribution >= 0.6 is 0 Å². The Kier molecular flexibility index (Phi) is 5.11. The Morgan fingerprint density at radius 3 is 2.20 bits per heavy atom. The number of aryl methyl sites for hydroxylation is 1. The predicted molar refractivity (Wildman–Crippen MR) is 83.0 cm³/mol. The number of alkyl halides is 3. The molecule has 1 heterocycles. The molecular formula is C14H16F3NO5S2. The van der Waals surface area contributed by atoms with Gasteiger partial charge in [0.05, 0.1) is 4.90 Å². The van der Waals surface area contributed by atoms with Gasteiger partial charge >= 0.3 is 15.6 Å². The Balaban J connectivity index is 2.45. The lowest BCUT2D eigenvalue weighted by Gasteiger charge is -2.31. The van der Waals surface area contributed by atoms with Crippen LogP contribution in [0.3, 0.4) is 0 Å². The van der Waals surface area contributed by atoms with E-state index in [4.69, 9.17) is 0 Å². The molecule has 0 N–H and O–H groups in total. The molecule has 1 unspecified atom stereocenters. The Morgan fingerprint density at radius 2 is 1.68 bits per heavy atom. The zero-order chi connectivity index (χ0) is 19.0. The topological polar surface area (TPSA) is 80.8 Å². The Morgan fingerprint density at radius 1 is 1.12 bits per heavy atom. The molecule has 25 heavy (non-hydrogen) atoms. The van der Waals surface area contributed by atoms with Crippen molar-refractivity contribution in [1.29, 1.82) is 0 Å². The van der Waals surface area contributed by atoms with Gasteiger partial charge in [-0.2, -0.15) is 21.6 Å². The molecule has 1 aliphatic rings. The van der Waals surface area contributed by atoms with Gasteiger partial charge in [0, 0.05) is 6.54 Å². The van der Waals surface area contributed by atoms with E-state index >= 15 is 0 Å². The van der Waals surface area contributed by atoms with Crippen molar-refractivity contribution in [1.82, 2.24) is 4.31 Å². The monoisotopic (exact) mass is 399 g/mol. The van der Waals surface area contributed by atoms with Crippen molar-refractivity contribution in [2.45, 2.75) is 30.7 Å². The summed E-state index contributed by atoms with van der Waals surface area (Å²) in [6.45, 7) is 3.15. The third-order valence-corrected chi connectivity index (χ3v) is 6.32. The first-order valence-corrected chi connectivity index (χ1v) is 10.0. The highest BCUT2D eigenvalue weighted by Gasteiger charge is 2.50. The SMILES string of the molecule is Cc1ccc(S(=O)(=O)N2CCC(C)C=C2OS(=O)(=O)C(F)(F)F)cc1. The zero-order valence-corrected chi connectivity index (χ0v) is 15.0. The van der Waals surface area contributed by atoms with Crippen molar-refractivity contribution in [3.63, 3.8) is 0 Å². The highest BCUT2D eigenvalue weighted by Crippen LogP contribution is 2.33. The van der Waals surface area contributed by atoms with E-state index in [1.165, 1.54) is 24.3 Å². The number of halogens is 3. The lowest BCUT2D eigenvalue weighted by molar-refractivity contribution is -0.0533. The number of benzene rings is 1. The molecule has 1 aliphatic heterocycles. The van der Waals surface area contributed by atoms with Crippen LogP contribution in [-0.2, 0) is 24.3 Å². The van der Waals surface area contributed by atoms with E-state index in [1.54, 1.807) is 13.8 Å². The van der Waals surface area contributed by atoms with Crippen LogP contribution in [0.5, 0.6) is 0 Å². The van der Waals surface area contributed by atoms with Crippen LogP contribution in [-0.4, -0.2) is 33.2 Å². The number of allylic oxidation sites excluding steroid dienone is 1. The van der Waals surface area contributed by atoms with E-state index in [2.05, 4.69) is 4.18 Å². The minimum atomic E-state index is -5.98. The molecule has 6 nitrogen and oxygen atoms in total. The molecule has 1 atom stereocenters. The Labute approximate surface area is 144 Å². The largest absolute Gasteiger partial charge is 0.534 e. The van der Waals surface area contributed by atoms with Crippen molar-refractivity contribution < 1.29 is 34.2 Å². The smallest absolute Gasteiger partial charge is 0.357 e. The molecule has 1 aromatic rings. The summed E-state index contributed by atoms with van der Waals surface area (Å²) in [6.07, 6.45) is 1.36. The second kappa shape index (κ2) is 6.52. The summed E-state index contributed by atoms with van der Waals surface area (Å²) in [7, 11) is -10.2. The summed E-state index contributed by atoms with van der Waals surface area (Å²) in [6, 6.07) is 5.63. The quantitative estimate of drug-likeness (QED) is 0.575. The molecular weight excluding hydrogens is 383 g/mol. The number of hydrogen-bond donors (Lipinski definition) is 0. The molecule has 0 saturated heterocycles. The normalized spacial score (nSPS) is 19.5. The molecule has 140 valence electrons. The van der Waals surface area contributed by atoms with E-state index in [1.807, 2.05) is 0 Å². The molecule has 11 heteroatoms. The van der Waals surface area contributed by atoms with Gasteiger partial charge in [-0.05, 0) is 37.5 Å². The van der Waals surface area contributed by atoms with Crippen LogP contribution in [0.4, 0.5) is 13.2 Å². The van der Waals surface area contributed by atoms with Gasteiger partial charge in [0.1, 0.15) is 0 Å². The van der Waals surface area contributed by atoms with Gasteiger partial charge in [0.25, 0.3) is 10.0 Å². The van der Waals surface area contributed by atoms with E-state index in [0.717, 1.165) is 11.6 Å². The maximum absolute atomic E-state index is 12.7. The van der Waals surface area contributed by atoms with Gasteiger partial charge in [-0.15, -0.1) is 0 Å². The number of sulfonamides is 1. The number of hydrogen-bond acceptors (Lipinski definition) is 5. The Hall–Kier alpha value is -1.75. The summed E-state index contributed by atoms with van der Waals surface area (Å²) in [5.41, 5.74) is -4.87. The fourth-order valence-corrected chi connectivity index (χ4v) is 4.07. The maximum atomic E-state index is 12.7. The van der Waals surface area contributed by atoms with E-state index in [-0.39, 0.29) is 17.4 Å². The molecule has 0 radical (unpaired) electrons. The van der Waals surface area contributed by atoms with Crippen LogP contribution in [0.25, 0.3) is 0 Å². The van der Waals surface area contributed by atoms with Crippen molar-refractivity contribution in [2.75, 3.05) is 6.54 Å². The van der Waals surface area contributed by atoms with E-state index in [9.17, 15) is 30.0 Å². The highest BCUT2D eigenvalue weighted by atomic mass is 32.2. The minimum Gasteiger partial charge on any atom is -0.357 e. The molecule has 0 spiro atoms. The fraction of sp³-hybridized carbons (Fsp3) is 0.429. The first kappa shape index (κ1) is 19.6. The first-order valence-electron chi connectivity index (χ1n) is 7.16. The molecule has 2 rings (SSSR count). The zero-order valence-electron chi connectivity index (χ0n) is 13.3. The molecule has 1 aromatic carbocycles. The van der Waals surface area contributed by atoms with Gasteiger partial charge in [0.15, 0.2) is 0 Å². The van der Waals surface area contributed by atoms with E-state index in [0.29, 0.717) is 10.7 Å². The predicted octanol–water partition coefficient (Wildman–Crippen LogP) is 2.73. The van der Waals surface area contributed by atoms with Crippen molar-refractivity contribution in [3.05, 3.63) is 41.8 Å². The van der Waals surface area contributed by atoms with Crippen molar-refractivity contribution in [3.8, 4) is 0 Å². The van der Waals surface area contributed by atoms with Crippen LogP contribution in [0.2, 0.25) is 0 Å². The molecule has 0 bridgehead atoms. The maximum Gasteiger partial charge on any atom is 0.534 e. The van der Waals surface area contributed by atoms with Gasteiger partial charge < -0.3 is 4.18 Å². The van der Waals surface area contributed by atoms with Gasteiger partial charge in [-0.25, -0.2) is 12.7 Å². The fourth-order valence-electron chi connectivity index (χ4n) is 2.15. The molecule has 0 saturated carbocycles. The summed E-state index contributed by atoms with van der Waals surface area (Å²) in [5, 5.41) is 0. The molecule has 0 aliphatic carbocycles. The third kappa shape index (κ3) is 4.09. The average molecular weight is 399 g/mol. The lowest BCUT2D eigenvalue weighted by atomic mass is 10.1. The standard InChI is InChI=1S/C14H16F3NO5S2/c1-10-3-5-12(6-4-10)24(19,20)18-8-7-11(2)9-13(18)23-25(21,22)14(15,16)17/h3-6,9,11H,7-8H2,1-2H3. The summed E-state index contributed by atoms with van der Waals surface area (Å²) in [4.78, 5) is -0.174. The second-order valence-electron chi connectivity index (χ2n) is 5.64.